The smallest absolute Gasteiger partial charge is 0.237 e. The standard InChI is InChI=1S/C20H25FN2OS/c1-4-18-17-10-12-25-19(17)9-11-23(18)13-20(24)22(3)14(2)15-5-7-16(21)8-6-15/h5-8,10,12,14,18H,4,9,11,13H2,1-3H3. The molecule has 0 saturated heterocycles. The molecule has 5 heteroatoms. The van der Waals surface area contributed by atoms with Crippen molar-refractivity contribution >= 4 is 17.2 Å². The van der Waals surface area contributed by atoms with E-state index in [-0.39, 0.29) is 17.8 Å². The van der Waals surface area contributed by atoms with Crippen molar-refractivity contribution in [1.29, 1.82) is 0 Å². The zero-order valence-electron chi connectivity index (χ0n) is 15.0. The number of nitrogens with zero attached hydrogens (tertiary/aromatic N) is 2. The van der Waals surface area contributed by atoms with Crippen molar-refractivity contribution in [3.8, 4) is 0 Å². The molecule has 2 heterocycles. The second-order valence-electron chi connectivity index (χ2n) is 6.68. The Bertz CT molecular complexity index is 728. The number of carbonyl (C=O) groups is 1. The summed E-state index contributed by atoms with van der Waals surface area (Å²) >= 11 is 1.82. The van der Waals surface area contributed by atoms with Gasteiger partial charge in [-0.25, -0.2) is 4.39 Å². The van der Waals surface area contributed by atoms with E-state index < -0.39 is 0 Å². The molecule has 0 saturated carbocycles. The quantitative estimate of drug-likeness (QED) is 0.788. The van der Waals surface area contributed by atoms with E-state index in [0.717, 1.165) is 24.9 Å². The van der Waals surface area contributed by atoms with E-state index in [4.69, 9.17) is 0 Å². The Labute approximate surface area is 153 Å². The highest BCUT2D eigenvalue weighted by atomic mass is 32.1. The number of fused-ring (bicyclic) bond motifs is 1. The van der Waals surface area contributed by atoms with E-state index in [1.165, 1.54) is 22.6 Å². The Kier molecular flexibility index (Phi) is 5.54. The van der Waals surface area contributed by atoms with Crippen molar-refractivity contribution in [2.45, 2.75) is 38.8 Å². The van der Waals surface area contributed by atoms with Crippen molar-refractivity contribution in [3.05, 3.63) is 57.5 Å². The van der Waals surface area contributed by atoms with Gasteiger partial charge < -0.3 is 4.90 Å². The minimum atomic E-state index is -0.254. The van der Waals surface area contributed by atoms with Crippen LogP contribution in [-0.4, -0.2) is 35.8 Å². The lowest BCUT2D eigenvalue weighted by molar-refractivity contribution is -0.133. The Balaban J connectivity index is 1.68. The minimum absolute atomic E-state index is 0.0744. The first-order valence-corrected chi connectivity index (χ1v) is 9.70. The van der Waals surface area contributed by atoms with Gasteiger partial charge in [0.1, 0.15) is 5.82 Å². The average molecular weight is 360 g/mol. The summed E-state index contributed by atoms with van der Waals surface area (Å²) in [5, 5.41) is 2.15. The number of hydrogen-bond acceptors (Lipinski definition) is 3. The van der Waals surface area contributed by atoms with Crippen LogP contribution in [0.5, 0.6) is 0 Å². The van der Waals surface area contributed by atoms with Crippen LogP contribution in [0, 0.1) is 5.82 Å². The van der Waals surface area contributed by atoms with Gasteiger partial charge in [-0.1, -0.05) is 19.1 Å². The highest BCUT2D eigenvalue weighted by Crippen LogP contribution is 2.35. The first-order chi connectivity index (χ1) is 12.0. The molecule has 1 amide bonds. The van der Waals surface area contributed by atoms with Crippen LogP contribution in [0.2, 0.25) is 0 Å². The van der Waals surface area contributed by atoms with Crippen molar-refractivity contribution in [2.24, 2.45) is 0 Å². The van der Waals surface area contributed by atoms with Gasteiger partial charge in [0.2, 0.25) is 5.91 Å². The Morgan fingerprint density at radius 1 is 1.36 bits per heavy atom. The lowest BCUT2D eigenvalue weighted by Gasteiger charge is -2.36. The van der Waals surface area contributed by atoms with Gasteiger partial charge in [-0.3, -0.25) is 9.69 Å². The highest BCUT2D eigenvalue weighted by molar-refractivity contribution is 7.10. The maximum atomic E-state index is 13.1. The first kappa shape index (κ1) is 18.1. The van der Waals surface area contributed by atoms with E-state index in [2.05, 4.69) is 23.3 Å². The van der Waals surface area contributed by atoms with Crippen molar-refractivity contribution < 1.29 is 9.18 Å². The SMILES string of the molecule is CCC1c2ccsc2CCN1CC(=O)N(C)C(C)c1ccc(F)cc1. The molecule has 0 radical (unpaired) electrons. The summed E-state index contributed by atoms with van der Waals surface area (Å²) in [4.78, 5) is 18.3. The fourth-order valence-corrected chi connectivity index (χ4v) is 4.51. The summed E-state index contributed by atoms with van der Waals surface area (Å²) in [6, 6.07) is 8.84. The van der Waals surface area contributed by atoms with Gasteiger partial charge >= 0.3 is 0 Å². The van der Waals surface area contributed by atoms with E-state index in [1.807, 2.05) is 25.3 Å². The predicted molar refractivity (Wildman–Crippen MR) is 100 cm³/mol. The fraction of sp³-hybridized carbons (Fsp3) is 0.450. The van der Waals surface area contributed by atoms with E-state index >= 15 is 0 Å². The molecule has 0 bridgehead atoms. The molecule has 3 rings (SSSR count). The Hall–Kier alpha value is -1.72. The fourth-order valence-electron chi connectivity index (χ4n) is 3.58. The number of hydrogen-bond donors (Lipinski definition) is 0. The lowest BCUT2D eigenvalue weighted by atomic mass is 9.98. The number of amides is 1. The molecule has 0 spiro atoms. The first-order valence-electron chi connectivity index (χ1n) is 8.82. The van der Waals surface area contributed by atoms with Crippen LogP contribution in [0.1, 0.15) is 48.4 Å². The van der Waals surface area contributed by atoms with Crippen LogP contribution >= 0.6 is 11.3 Å². The Morgan fingerprint density at radius 2 is 2.08 bits per heavy atom. The number of benzene rings is 1. The minimum Gasteiger partial charge on any atom is -0.338 e. The highest BCUT2D eigenvalue weighted by Gasteiger charge is 2.29. The molecule has 0 N–H and O–H groups in total. The summed E-state index contributed by atoms with van der Waals surface area (Å²) < 4.78 is 13.1. The molecule has 1 aliphatic heterocycles. The van der Waals surface area contributed by atoms with Gasteiger partial charge in [0, 0.05) is 24.5 Å². The maximum absolute atomic E-state index is 13.1. The van der Waals surface area contributed by atoms with E-state index in [9.17, 15) is 9.18 Å². The second-order valence-corrected chi connectivity index (χ2v) is 7.68. The Morgan fingerprint density at radius 3 is 2.76 bits per heavy atom. The van der Waals surface area contributed by atoms with Crippen molar-refractivity contribution in [3.63, 3.8) is 0 Å². The molecular weight excluding hydrogens is 335 g/mol. The van der Waals surface area contributed by atoms with Gasteiger partial charge in [0.15, 0.2) is 0 Å². The van der Waals surface area contributed by atoms with E-state index in [0.29, 0.717) is 12.6 Å². The van der Waals surface area contributed by atoms with Crippen molar-refractivity contribution in [1.82, 2.24) is 9.80 Å². The van der Waals surface area contributed by atoms with Crippen molar-refractivity contribution in [2.75, 3.05) is 20.1 Å². The maximum Gasteiger partial charge on any atom is 0.237 e. The number of likely N-dealkylation sites (N-methyl/N-ethyl adjacent to an activating group) is 1. The number of halogens is 1. The molecule has 134 valence electrons. The topological polar surface area (TPSA) is 23.6 Å². The number of rotatable bonds is 5. The van der Waals surface area contributed by atoms with Gasteiger partial charge in [-0.05, 0) is 54.5 Å². The summed E-state index contributed by atoms with van der Waals surface area (Å²) in [5.74, 6) is -0.149. The van der Waals surface area contributed by atoms with Crippen LogP contribution in [0.3, 0.4) is 0 Å². The summed E-state index contributed by atoms with van der Waals surface area (Å²) in [7, 11) is 1.83. The largest absolute Gasteiger partial charge is 0.338 e. The zero-order chi connectivity index (χ0) is 18.0. The number of carbonyl (C=O) groups excluding carboxylic acids is 1. The van der Waals surface area contributed by atoms with Gasteiger partial charge in [0.05, 0.1) is 12.6 Å². The third-order valence-electron chi connectivity index (χ3n) is 5.26. The molecule has 2 unspecified atom stereocenters. The summed E-state index contributed by atoms with van der Waals surface area (Å²) in [6.45, 7) is 5.52. The molecule has 1 aromatic carbocycles. The summed E-state index contributed by atoms with van der Waals surface area (Å²) in [5.41, 5.74) is 2.34. The molecule has 1 aliphatic rings. The molecule has 2 atom stereocenters. The van der Waals surface area contributed by atoms with Crippen LogP contribution < -0.4 is 0 Å². The average Bonchev–Trinajstić information content (AvgIpc) is 3.09. The van der Waals surface area contributed by atoms with E-state index in [1.54, 1.807) is 17.0 Å². The molecule has 0 fully saturated rings. The van der Waals surface area contributed by atoms with Crippen LogP contribution in [0.25, 0.3) is 0 Å². The molecular formula is C20H25FN2OS. The number of thiophene rings is 1. The lowest BCUT2D eigenvalue weighted by Crippen LogP contribution is -2.43. The van der Waals surface area contributed by atoms with Crippen LogP contribution in [0.4, 0.5) is 4.39 Å². The summed E-state index contributed by atoms with van der Waals surface area (Å²) in [6.07, 6.45) is 2.03. The second kappa shape index (κ2) is 7.67. The van der Waals surface area contributed by atoms with Gasteiger partial charge in [-0.2, -0.15) is 0 Å². The normalized spacial score (nSPS) is 18.6. The van der Waals surface area contributed by atoms with Crippen LogP contribution in [0.15, 0.2) is 35.7 Å². The zero-order valence-corrected chi connectivity index (χ0v) is 15.9. The predicted octanol–water partition coefficient (Wildman–Crippen LogP) is 4.42. The van der Waals surface area contributed by atoms with Crippen LogP contribution in [-0.2, 0) is 11.2 Å². The molecule has 1 aromatic heterocycles. The molecule has 2 aromatic rings. The third kappa shape index (κ3) is 3.77. The van der Waals surface area contributed by atoms with Gasteiger partial charge in [-0.15, -0.1) is 11.3 Å². The third-order valence-corrected chi connectivity index (χ3v) is 6.25. The van der Waals surface area contributed by atoms with Gasteiger partial charge in [0.25, 0.3) is 0 Å². The monoisotopic (exact) mass is 360 g/mol. The molecule has 0 aliphatic carbocycles. The molecule has 25 heavy (non-hydrogen) atoms. The molecule has 3 nitrogen and oxygen atoms in total.